The predicted octanol–water partition coefficient (Wildman–Crippen LogP) is 2.99. The van der Waals surface area contributed by atoms with Gasteiger partial charge in [0.25, 0.3) is 0 Å². The van der Waals surface area contributed by atoms with Gasteiger partial charge >= 0.3 is 0 Å². The number of nitrogens with one attached hydrogen (secondary N) is 1. The summed E-state index contributed by atoms with van der Waals surface area (Å²) in [6.07, 6.45) is 5.08. The Morgan fingerprint density at radius 1 is 1.27 bits per heavy atom. The molecular formula is C18H21N5O2S. The summed E-state index contributed by atoms with van der Waals surface area (Å²) in [6.45, 7) is 6.34. The molecule has 0 radical (unpaired) electrons. The number of carbonyl (C=O) groups excluding carboxylic acids is 1. The molecule has 0 unspecified atom stereocenters. The van der Waals surface area contributed by atoms with Gasteiger partial charge in [0.1, 0.15) is 5.76 Å². The van der Waals surface area contributed by atoms with E-state index in [4.69, 9.17) is 4.42 Å². The Kier molecular flexibility index (Phi) is 5.41. The summed E-state index contributed by atoms with van der Waals surface area (Å²) in [5.74, 6) is 1.70. The highest BCUT2D eigenvalue weighted by Gasteiger charge is 2.19. The minimum absolute atomic E-state index is 0.0435. The number of hydrogen-bond donors (Lipinski definition) is 1. The fraction of sp³-hybridized carbons (Fsp3) is 0.333. The first-order chi connectivity index (χ1) is 12.4. The number of carbonyl (C=O) groups is 1. The van der Waals surface area contributed by atoms with E-state index >= 15 is 0 Å². The Hall–Kier alpha value is -2.61. The van der Waals surface area contributed by atoms with Crippen LogP contribution in [0.3, 0.4) is 0 Å². The first-order valence-corrected chi connectivity index (χ1v) is 9.21. The second-order valence-electron chi connectivity index (χ2n) is 6.80. The topological polar surface area (TPSA) is 85.8 Å². The van der Waals surface area contributed by atoms with E-state index in [9.17, 15) is 4.79 Å². The molecule has 136 valence electrons. The second-order valence-corrected chi connectivity index (χ2v) is 7.74. The van der Waals surface area contributed by atoms with Crippen LogP contribution in [0.5, 0.6) is 0 Å². The van der Waals surface area contributed by atoms with E-state index in [2.05, 4.69) is 20.5 Å². The number of pyridine rings is 1. The molecule has 3 aromatic rings. The van der Waals surface area contributed by atoms with E-state index in [-0.39, 0.29) is 17.2 Å². The number of furan rings is 1. The Balaban J connectivity index is 1.83. The molecule has 7 nitrogen and oxygen atoms in total. The molecule has 0 saturated heterocycles. The Morgan fingerprint density at radius 2 is 2.12 bits per heavy atom. The summed E-state index contributed by atoms with van der Waals surface area (Å²) in [5, 5.41) is 12.2. The van der Waals surface area contributed by atoms with Crippen LogP contribution >= 0.6 is 11.8 Å². The van der Waals surface area contributed by atoms with Crippen molar-refractivity contribution in [1.29, 1.82) is 0 Å². The monoisotopic (exact) mass is 371 g/mol. The molecule has 0 fully saturated rings. The van der Waals surface area contributed by atoms with Gasteiger partial charge in [0, 0.05) is 23.5 Å². The fourth-order valence-electron chi connectivity index (χ4n) is 2.39. The highest BCUT2D eigenvalue weighted by Crippen LogP contribution is 2.24. The van der Waals surface area contributed by atoms with E-state index in [0.29, 0.717) is 17.5 Å². The van der Waals surface area contributed by atoms with Gasteiger partial charge < -0.3 is 9.73 Å². The standard InChI is InChI=1S/C18H21N5O2S/c1-18(2,3)20-15(24)12-26-17-22-21-16(13-6-4-8-19-10-13)23(17)11-14-7-5-9-25-14/h4-10H,11-12H2,1-3H3,(H,20,24). The number of nitrogens with zero attached hydrogens (tertiary/aromatic N) is 4. The second kappa shape index (κ2) is 7.74. The van der Waals surface area contributed by atoms with Crippen molar-refractivity contribution >= 4 is 17.7 Å². The zero-order valence-electron chi connectivity index (χ0n) is 15.0. The van der Waals surface area contributed by atoms with Crippen molar-refractivity contribution < 1.29 is 9.21 Å². The SMILES string of the molecule is CC(C)(C)NC(=O)CSc1nnc(-c2cccnc2)n1Cc1ccco1. The molecule has 0 spiro atoms. The lowest BCUT2D eigenvalue weighted by Crippen LogP contribution is -2.41. The van der Waals surface area contributed by atoms with Crippen molar-refractivity contribution in [3.8, 4) is 11.4 Å². The summed E-state index contributed by atoms with van der Waals surface area (Å²) < 4.78 is 7.40. The molecule has 3 aromatic heterocycles. The number of aromatic nitrogens is 4. The predicted molar refractivity (Wildman–Crippen MR) is 99.7 cm³/mol. The van der Waals surface area contributed by atoms with E-state index in [1.807, 2.05) is 49.6 Å². The van der Waals surface area contributed by atoms with Crippen LogP contribution in [0.4, 0.5) is 0 Å². The summed E-state index contributed by atoms with van der Waals surface area (Å²) in [5.41, 5.74) is 0.595. The van der Waals surface area contributed by atoms with E-state index < -0.39 is 0 Å². The van der Waals surface area contributed by atoms with Gasteiger partial charge in [0.15, 0.2) is 11.0 Å². The van der Waals surface area contributed by atoms with Gasteiger partial charge in [-0.15, -0.1) is 10.2 Å². The largest absolute Gasteiger partial charge is 0.467 e. The van der Waals surface area contributed by atoms with Crippen molar-refractivity contribution in [2.24, 2.45) is 0 Å². The smallest absolute Gasteiger partial charge is 0.230 e. The zero-order chi connectivity index (χ0) is 18.6. The summed E-state index contributed by atoms with van der Waals surface area (Å²) >= 11 is 1.35. The molecular weight excluding hydrogens is 350 g/mol. The molecule has 3 rings (SSSR count). The van der Waals surface area contributed by atoms with Gasteiger partial charge in [-0.1, -0.05) is 11.8 Å². The van der Waals surface area contributed by atoms with Crippen LogP contribution in [0.25, 0.3) is 11.4 Å². The lowest BCUT2D eigenvalue weighted by Gasteiger charge is -2.20. The van der Waals surface area contributed by atoms with Crippen LogP contribution in [0, 0.1) is 0 Å². The van der Waals surface area contributed by atoms with Crippen LogP contribution < -0.4 is 5.32 Å². The quantitative estimate of drug-likeness (QED) is 0.671. The normalized spacial score (nSPS) is 11.5. The molecule has 0 aromatic carbocycles. The number of rotatable bonds is 6. The van der Waals surface area contributed by atoms with Crippen LogP contribution in [0.2, 0.25) is 0 Å². The average Bonchev–Trinajstić information content (AvgIpc) is 3.23. The zero-order valence-corrected chi connectivity index (χ0v) is 15.8. The molecule has 26 heavy (non-hydrogen) atoms. The number of hydrogen-bond acceptors (Lipinski definition) is 6. The summed E-state index contributed by atoms with van der Waals surface area (Å²) in [4.78, 5) is 16.3. The Morgan fingerprint density at radius 3 is 2.77 bits per heavy atom. The maximum Gasteiger partial charge on any atom is 0.230 e. The van der Waals surface area contributed by atoms with Crippen LogP contribution in [0.1, 0.15) is 26.5 Å². The van der Waals surface area contributed by atoms with Crippen molar-refractivity contribution in [3.63, 3.8) is 0 Å². The van der Waals surface area contributed by atoms with E-state index in [0.717, 1.165) is 11.3 Å². The first kappa shape index (κ1) is 18.2. The van der Waals surface area contributed by atoms with E-state index in [1.165, 1.54) is 11.8 Å². The molecule has 0 bridgehead atoms. The molecule has 0 aliphatic heterocycles. The van der Waals surface area contributed by atoms with Crippen molar-refractivity contribution in [1.82, 2.24) is 25.1 Å². The highest BCUT2D eigenvalue weighted by atomic mass is 32.2. The highest BCUT2D eigenvalue weighted by molar-refractivity contribution is 7.99. The Labute approximate surface area is 156 Å². The lowest BCUT2D eigenvalue weighted by atomic mass is 10.1. The van der Waals surface area contributed by atoms with E-state index in [1.54, 1.807) is 18.7 Å². The molecule has 0 saturated carbocycles. The van der Waals surface area contributed by atoms with Gasteiger partial charge in [-0.3, -0.25) is 14.3 Å². The third kappa shape index (κ3) is 4.72. The van der Waals surface area contributed by atoms with Crippen LogP contribution in [-0.4, -0.2) is 36.9 Å². The lowest BCUT2D eigenvalue weighted by molar-refractivity contribution is -0.119. The van der Waals surface area contributed by atoms with Gasteiger partial charge in [-0.05, 0) is 45.0 Å². The Bertz CT molecular complexity index is 854. The molecule has 1 amide bonds. The van der Waals surface area contributed by atoms with Gasteiger partial charge in [0.05, 0.1) is 18.6 Å². The number of amides is 1. The first-order valence-electron chi connectivity index (χ1n) is 8.22. The molecule has 0 aliphatic carbocycles. The van der Waals surface area contributed by atoms with Gasteiger partial charge in [0.2, 0.25) is 5.91 Å². The van der Waals surface area contributed by atoms with Crippen molar-refractivity contribution in [2.45, 2.75) is 38.0 Å². The van der Waals surface area contributed by atoms with Crippen LogP contribution in [-0.2, 0) is 11.3 Å². The van der Waals surface area contributed by atoms with Gasteiger partial charge in [-0.25, -0.2) is 0 Å². The molecule has 0 atom stereocenters. The fourth-order valence-corrected chi connectivity index (χ4v) is 3.13. The van der Waals surface area contributed by atoms with Gasteiger partial charge in [-0.2, -0.15) is 0 Å². The van der Waals surface area contributed by atoms with Crippen molar-refractivity contribution in [3.05, 3.63) is 48.7 Å². The molecule has 0 aliphatic rings. The molecule has 1 N–H and O–H groups in total. The summed E-state index contributed by atoms with van der Waals surface area (Å²) in [6, 6.07) is 7.52. The minimum Gasteiger partial charge on any atom is -0.467 e. The molecule has 8 heteroatoms. The minimum atomic E-state index is -0.264. The average molecular weight is 371 g/mol. The summed E-state index contributed by atoms with van der Waals surface area (Å²) in [7, 11) is 0. The maximum atomic E-state index is 12.1. The maximum absolute atomic E-state index is 12.1. The third-order valence-corrected chi connectivity index (χ3v) is 4.34. The van der Waals surface area contributed by atoms with Crippen molar-refractivity contribution in [2.75, 3.05) is 5.75 Å². The molecule has 3 heterocycles. The third-order valence-electron chi connectivity index (χ3n) is 3.38. The number of thioether (sulfide) groups is 1. The van der Waals surface area contributed by atoms with Crippen LogP contribution in [0.15, 0.2) is 52.5 Å².